The summed E-state index contributed by atoms with van der Waals surface area (Å²) >= 11 is 1.48. The number of thiophene rings is 1. The van der Waals surface area contributed by atoms with E-state index in [0.29, 0.717) is 24.5 Å². The minimum Gasteiger partial charge on any atom is -0.480 e. The van der Waals surface area contributed by atoms with Crippen LogP contribution in [0.2, 0.25) is 0 Å². The van der Waals surface area contributed by atoms with Crippen LogP contribution in [0.15, 0.2) is 23.7 Å². The summed E-state index contributed by atoms with van der Waals surface area (Å²) in [6.45, 7) is 0.630. The molecule has 116 valence electrons. The van der Waals surface area contributed by atoms with Crippen molar-refractivity contribution in [3.05, 3.63) is 29.3 Å². The van der Waals surface area contributed by atoms with Gasteiger partial charge >= 0.3 is 5.97 Å². The van der Waals surface area contributed by atoms with Crippen LogP contribution in [0.4, 0.5) is 0 Å². The Bertz CT molecular complexity index is 674. The zero-order valence-corrected chi connectivity index (χ0v) is 12.5. The summed E-state index contributed by atoms with van der Waals surface area (Å²) in [6, 6.07) is 3.75. The molecule has 0 spiro atoms. The van der Waals surface area contributed by atoms with Crippen LogP contribution in [0.25, 0.3) is 10.6 Å². The molecule has 0 atom stereocenters. The molecule has 2 aromatic rings. The van der Waals surface area contributed by atoms with E-state index in [1.807, 2.05) is 17.5 Å². The Labute approximate surface area is 130 Å². The molecule has 3 heterocycles. The van der Waals surface area contributed by atoms with E-state index in [1.165, 1.54) is 17.5 Å². The largest absolute Gasteiger partial charge is 0.480 e. The Morgan fingerprint density at radius 3 is 2.82 bits per heavy atom. The number of carboxylic acid groups (broad SMARTS) is 1. The highest BCUT2D eigenvalue weighted by Crippen LogP contribution is 2.27. The van der Waals surface area contributed by atoms with Crippen molar-refractivity contribution in [2.75, 3.05) is 13.2 Å². The van der Waals surface area contributed by atoms with Gasteiger partial charge in [0.25, 0.3) is 5.91 Å². The summed E-state index contributed by atoms with van der Waals surface area (Å²) in [5.74, 6) is -1.48. The third-order valence-electron chi connectivity index (χ3n) is 3.76. The second-order valence-corrected chi connectivity index (χ2v) is 6.04. The lowest BCUT2D eigenvalue weighted by Gasteiger charge is -2.33. The van der Waals surface area contributed by atoms with Gasteiger partial charge in [-0.1, -0.05) is 6.07 Å². The van der Waals surface area contributed by atoms with Crippen LogP contribution in [0.1, 0.15) is 23.2 Å². The zero-order chi connectivity index (χ0) is 15.6. The number of carbonyl (C=O) groups excluding carboxylic acids is 1. The van der Waals surface area contributed by atoms with Gasteiger partial charge in [0.1, 0.15) is 5.54 Å². The molecule has 22 heavy (non-hydrogen) atoms. The summed E-state index contributed by atoms with van der Waals surface area (Å²) in [5.41, 5.74) is -0.339. The van der Waals surface area contributed by atoms with E-state index in [-0.39, 0.29) is 12.8 Å². The van der Waals surface area contributed by atoms with E-state index in [1.54, 1.807) is 0 Å². The average molecular weight is 321 g/mol. The molecule has 3 rings (SSSR count). The van der Waals surface area contributed by atoms with Crippen molar-refractivity contribution in [3.8, 4) is 10.6 Å². The van der Waals surface area contributed by atoms with E-state index in [0.717, 1.165) is 4.88 Å². The maximum atomic E-state index is 12.5. The van der Waals surface area contributed by atoms with E-state index >= 15 is 0 Å². The van der Waals surface area contributed by atoms with Gasteiger partial charge < -0.3 is 15.2 Å². The first-order chi connectivity index (χ1) is 10.6. The third-order valence-corrected chi connectivity index (χ3v) is 4.65. The van der Waals surface area contributed by atoms with Gasteiger partial charge in [-0.05, 0) is 11.4 Å². The predicted octanol–water partition coefficient (Wildman–Crippen LogP) is 1.50. The summed E-state index contributed by atoms with van der Waals surface area (Å²) < 4.78 is 5.20. The Morgan fingerprint density at radius 1 is 1.41 bits per heavy atom. The summed E-state index contributed by atoms with van der Waals surface area (Å²) in [4.78, 5) is 25.0. The fraction of sp³-hybridized carbons (Fsp3) is 0.357. The first-order valence-corrected chi connectivity index (χ1v) is 7.71. The fourth-order valence-electron chi connectivity index (χ4n) is 2.46. The molecule has 1 aliphatic rings. The van der Waals surface area contributed by atoms with Crippen molar-refractivity contribution >= 4 is 23.2 Å². The molecular weight excluding hydrogens is 306 g/mol. The predicted molar refractivity (Wildman–Crippen MR) is 79.8 cm³/mol. The van der Waals surface area contributed by atoms with Gasteiger partial charge in [-0.25, -0.2) is 4.79 Å². The second kappa shape index (κ2) is 5.90. The molecule has 2 aromatic heterocycles. The van der Waals surface area contributed by atoms with Crippen molar-refractivity contribution in [2.45, 2.75) is 18.4 Å². The van der Waals surface area contributed by atoms with Crippen molar-refractivity contribution in [3.63, 3.8) is 0 Å². The molecule has 0 radical (unpaired) electrons. The monoisotopic (exact) mass is 321 g/mol. The lowest BCUT2D eigenvalue weighted by atomic mass is 9.89. The summed E-state index contributed by atoms with van der Waals surface area (Å²) in [6.07, 6.45) is 1.92. The van der Waals surface area contributed by atoms with Gasteiger partial charge in [-0.3, -0.25) is 9.89 Å². The van der Waals surface area contributed by atoms with Gasteiger partial charge in [0.15, 0.2) is 0 Å². The molecule has 7 nitrogen and oxygen atoms in total. The highest BCUT2D eigenvalue weighted by Gasteiger charge is 2.42. The Balaban J connectivity index is 1.86. The third kappa shape index (κ3) is 2.62. The van der Waals surface area contributed by atoms with Gasteiger partial charge in [0.05, 0.1) is 22.3 Å². The molecule has 1 amide bonds. The number of hydrogen-bond donors (Lipinski definition) is 3. The number of carboxylic acids is 1. The number of hydrogen-bond acceptors (Lipinski definition) is 5. The van der Waals surface area contributed by atoms with Crippen LogP contribution in [0.5, 0.6) is 0 Å². The number of rotatable bonds is 4. The van der Waals surface area contributed by atoms with Gasteiger partial charge in [0, 0.05) is 26.1 Å². The maximum absolute atomic E-state index is 12.5. The maximum Gasteiger partial charge on any atom is 0.329 e. The lowest BCUT2D eigenvalue weighted by Crippen LogP contribution is -2.57. The SMILES string of the molecule is O=C(NC1(C(=O)O)CCOCC1)c1cn[nH]c1-c1cccs1. The lowest BCUT2D eigenvalue weighted by molar-refractivity contribution is -0.148. The number of amides is 1. The Kier molecular flexibility index (Phi) is 3.95. The average Bonchev–Trinajstić information content (AvgIpc) is 3.19. The number of nitrogens with zero attached hydrogens (tertiary/aromatic N) is 1. The standard InChI is InChI=1S/C14H15N3O4S/c18-12(16-14(13(19)20)3-5-21-6-4-14)9-8-15-17-11(9)10-2-1-7-22-10/h1-2,7-8H,3-6H2,(H,15,17)(H,16,18)(H,19,20). The number of carbonyl (C=O) groups is 2. The number of aromatic nitrogens is 2. The van der Waals surface area contributed by atoms with E-state index in [2.05, 4.69) is 15.5 Å². The summed E-state index contributed by atoms with van der Waals surface area (Å²) in [5, 5.41) is 20.8. The van der Waals surface area contributed by atoms with E-state index in [4.69, 9.17) is 4.74 Å². The number of H-pyrrole nitrogens is 1. The smallest absolute Gasteiger partial charge is 0.329 e. The van der Waals surface area contributed by atoms with Crippen LogP contribution < -0.4 is 5.32 Å². The fourth-order valence-corrected chi connectivity index (χ4v) is 3.20. The van der Waals surface area contributed by atoms with Crippen LogP contribution >= 0.6 is 11.3 Å². The molecule has 0 aliphatic carbocycles. The minimum atomic E-state index is -1.28. The molecule has 1 aliphatic heterocycles. The minimum absolute atomic E-state index is 0.250. The molecule has 0 bridgehead atoms. The molecule has 0 aromatic carbocycles. The number of ether oxygens (including phenoxy) is 1. The molecule has 1 saturated heterocycles. The molecule has 3 N–H and O–H groups in total. The van der Waals surface area contributed by atoms with Crippen molar-refractivity contribution in [1.82, 2.24) is 15.5 Å². The van der Waals surface area contributed by atoms with Crippen LogP contribution in [-0.4, -0.2) is 45.9 Å². The zero-order valence-electron chi connectivity index (χ0n) is 11.7. The van der Waals surface area contributed by atoms with Crippen molar-refractivity contribution < 1.29 is 19.4 Å². The van der Waals surface area contributed by atoms with Crippen LogP contribution in [0.3, 0.4) is 0 Å². The number of aliphatic carboxylic acids is 1. The quantitative estimate of drug-likeness (QED) is 0.791. The van der Waals surface area contributed by atoms with Crippen molar-refractivity contribution in [2.24, 2.45) is 0 Å². The first-order valence-electron chi connectivity index (χ1n) is 6.83. The highest BCUT2D eigenvalue weighted by atomic mass is 32.1. The van der Waals surface area contributed by atoms with Gasteiger partial charge in [-0.15, -0.1) is 11.3 Å². The van der Waals surface area contributed by atoms with Crippen LogP contribution in [0, 0.1) is 0 Å². The Hall–Kier alpha value is -2.19. The van der Waals surface area contributed by atoms with E-state index < -0.39 is 17.4 Å². The molecule has 1 fully saturated rings. The number of nitrogens with one attached hydrogen (secondary N) is 2. The molecule has 0 unspecified atom stereocenters. The van der Waals surface area contributed by atoms with Crippen LogP contribution in [-0.2, 0) is 9.53 Å². The first kappa shape index (κ1) is 14.7. The number of aromatic amines is 1. The van der Waals surface area contributed by atoms with Gasteiger partial charge in [0.2, 0.25) is 0 Å². The second-order valence-electron chi connectivity index (χ2n) is 5.09. The van der Waals surface area contributed by atoms with Crippen molar-refractivity contribution in [1.29, 1.82) is 0 Å². The molecular formula is C14H15N3O4S. The highest BCUT2D eigenvalue weighted by molar-refractivity contribution is 7.13. The Morgan fingerprint density at radius 2 is 2.18 bits per heavy atom. The summed E-state index contributed by atoms with van der Waals surface area (Å²) in [7, 11) is 0. The topological polar surface area (TPSA) is 104 Å². The van der Waals surface area contributed by atoms with Gasteiger partial charge in [-0.2, -0.15) is 5.10 Å². The molecule has 8 heteroatoms. The molecule has 0 saturated carbocycles. The van der Waals surface area contributed by atoms with E-state index in [9.17, 15) is 14.7 Å². The normalized spacial score (nSPS) is 17.1.